The molecule has 3 fully saturated rings. The summed E-state index contributed by atoms with van der Waals surface area (Å²) in [6, 6.07) is 0.915. The van der Waals surface area contributed by atoms with Crippen LogP contribution in [0.4, 0.5) is 0 Å². The maximum absolute atomic E-state index is 3.53. The van der Waals surface area contributed by atoms with E-state index in [9.17, 15) is 0 Å². The molecule has 2 bridgehead atoms. The van der Waals surface area contributed by atoms with Gasteiger partial charge in [0.05, 0.1) is 0 Å². The van der Waals surface area contributed by atoms with Crippen molar-refractivity contribution in [1.29, 1.82) is 0 Å². The highest BCUT2D eigenvalue weighted by Gasteiger charge is 2.25. The molecule has 0 aromatic heterocycles. The number of piperidine rings is 1. The first-order valence-corrected chi connectivity index (χ1v) is 4.70. The Balaban J connectivity index is 2.03. The Labute approximate surface area is 52.0 Å². The highest BCUT2D eigenvalue weighted by atomic mass is 31.1. The fourth-order valence-corrected chi connectivity index (χ4v) is 3.17. The Bertz CT molecular complexity index is 63.5. The lowest BCUT2D eigenvalue weighted by atomic mass is 10.1. The van der Waals surface area contributed by atoms with Crippen LogP contribution in [0.2, 0.25) is 0 Å². The molecule has 2 heteroatoms. The van der Waals surface area contributed by atoms with Crippen molar-refractivity contribution in [2.45, 2.75) is 24.5 Å². The van der Waals surface area contributed by atoms with Gasteiger partial charge in [0.25, 0.3) is 0 Å². The Morgan fingerprint density at radius 1 is 1.38 bits per heavy atom. The van der Waals surface area contributed by atoms with Crippen LogP contribution in [-0.2, 0) is 0 Å². The van der Waals surface area contributed by atoms with Crippen molar-refractivity contribution < 1.29 is 0 Å². The molecule has 8 heavy (non-hydrogen) atoms. The van der Waals surface area contributed by atoms with E-state index in [0.29, 0.717) is 0 Å². The van der Waals surface area contributed by atoms with Crippen LogP contribution >= 0.6 is 8.58 Å². The van der Waals surface area contributed by atoms with Crippen LogP contribution in [0, 0.1) is 0 Å². The Morgan fingerprint density at radius 2 is 2.38 bits per heavy atom. The average Bonchev–Trinajstić information content (AvgIpc) is 1.92. The minimum absolute atomic E-state index is 0.915. The second kappa shape index (κ2) is 1.97. The van der Waals surface area contributed by atoms with E-state index >= 15 is 0 Å². The molecule has 0 spiro atoms. The first kappa shape index (κ1) is 5.20. The van der Waals surface area contributed by atoms with Crippen molar-refractivity contribution in [2.24, 2.45) is 0 Å². The van der Waals surface area contributed by atoms with E-state index in [2.05, 4.69) is 5.32 Å². The molecular weight excluding hydrogens is 117 g/mol. The number of nitrogens with one attached hydrogen (secondary N) is 1. The molecule has 0 aromatic carbocycles. The molecular formula is C6H12NP. The van der Waals surface area contributed by atoms with Gasteiger partial charge in [0, 0.05) is 12.6 Å². The fraction of sp³-hybridized carbons (Fsp3) is 1.00. The van der Waals surface area contributed by atoms with Gasteiger partial charge in [-0.15, -0.1) is 8.58 Å². The van der Waals surface area contributed by atoms with E-state index in [1.54, 1.807) is 0 Å². The number of fused-ring (bicyclic) bond motifs is 3. The lowest BCUT2D eigenvalue weighted by Crippen LogP contribution is -2.46. The molecule has 46 valence electrons. The van der Waals surface area contributed by atoms with E-state index in [1.165, 1.54) is 34.1 Å². The van der Waals surface area contributed by atoms with Gasteiger partial charge in [-0.3, -0.25) is 0 Å². The molecule has 1 N–H and O–H groups in total. The van der Waals surface area contributed by atoms with Gasteiger partial charge in [-0.1, -0.05) is 0 Å². The molecule has 3 aliphatic heterocycles. The molecule has 1 nitrogen and oxygen atoms in total. The van der Waals surface area contributed by atoms with Gasteiger partial charge in [0.1, 0.15) is 0 Å². The molecule has 3 atom stereocenters. The van der Waals surface area contributed by atoms with E-state index in [1.807, 2.05) is 0 Å². The minimum atomic E-state index is 0.915. The zero-order valence-corrected chi connectivity index (χ0v) is 5.98. The van der Waals surface area contributed by atoms with Crippen LogP contribution in [-0.4, -0.2) is 24.4 Å². The van der Waals surface area contributed by atoms with Crippen LogP contribution in [0.25, 0.3) is 0 Å². The standard InChI is InChI=1S/C6H12NP/c1-2-6-3-7-5(1)4-8-6/h5-8H,1-4H2. The van der Waals surface area contributed by atoms with Gasteiger partial charge in [-0.25, -0.2) is 0 Å². The average molecular weight is 129 g/mol. The topological polar surface area (TPSA) is 12.0 Å². The van der Waals surface area contributed by atoms with E-state index in [0.717, 1.165) is 11.7 Å². The summed E-state index contributed by atoms with van der Waals surface area (Å²) in [7, 11) is 1.28. The number of hydrogen-bond donors (Lipinski definition) is 1. The van der Waals surface area contributed by atoms with Crippen molar-refractivity contribution >= 4 is 8.58 Å². The third kappa shape index (κ3) is 0.784. The van der Waals surface area contributed by atoms with E-state index in [4.69, 9.17) is 0 Å². The molecule has 0 aromatic rings. The van der Waals surface area contributed by atoms with Gasteiger partial charge in [-0.05, 0) is 24.7 Å². The SMILES string of the molecule is C1CC2CNC1CP2. The molecule has 0 amide bonds. The number of hydrogen-bond acceptors (Lipinski definition) is 1. The highest BCUT2D eigenvalue weighted by molar-refractivity contribution is 7.39. The summed E-state index contributed by atoms with van der Waals surface area (Å²) in [5.74, 6) is 0. The molecule has 0 aliphatic carbocycles. The molecule has 0 saturated carbocycles. The van der Waals surface area contributed by atoms with Crippen LogP contribution < -0.4 is 5.32 Å². The fourth-order valence-electron chi connectivity index (χ4n) is 1.57. The lowest BCUT2D eigenvalue weighted by molar-refractivity contribution is 0.414. The van der Waals surface area contributed by atoms with Gasteiger partial charge in [-0.2, -0.15) is 0 Å². The lowest BCUT2D eigenvalue weighted by Gasteiger charge is -2.36. The maximum atomic E-state index is 3.53. The molecule has 3 aliphatic rings. The molecule has 3 unspecified atom stereocenters. The summed E-state index contributed by atoms with van der Waals surface area (Å²) in [5.41, 5.74) is 1.07. The molecule has 3 saturated heterocycles. The first-order valence-electron chi connectivity index (χ1n) is 3.42. The Morgan fingerprint density at radius 3 is 2.50 bits per heavy atom. The Hall–Kier alpha value is 0.390. The van der Waals surface area contributed by atoms with Gasteiger partial charge in [0.2, 0.25) is 0 Å². The van der Waals surface area contributed by atoms with Crippen molar-refractivity contribution in [3.63, 3.8) is 0 Å². The van der Waals surface area contributed by atoms with E-state index in [-0.39, 0.29) is 0 Å². The quantitative estimate of drug-likeness (QED) is 0.477. The third-order valence-electron chi connectivity index (χ3n) is 2.17. The third-order valence-corrected chi connectivity index (χ3v) is 3.97. The van der Waals surface area contributed by atoms with Crippen LogP contribution in [0.5, 0.6) is 0 Å². The largest absolute Gasteiger partial charge is 0.313 e. The molecule has 3 heterocycles. The smallest absolute Gasteiger partial charge is 0.0104 e. The van der Waals surface area contributed by atoms with Crippen molar-refractivity contribution in [2.75, 3.05) is 12.7 Å². The predicted octanol–water partition coefficient (Wildman–Crippen LogP) is 0.799. The maximum Gasteiger partial charge on any atom is 0.0104 e. The van der Waals surface area contributed by atoms with Crippen LogP contribution in [0.3, 0.4) is 0 Å². The monoisotopic (exact) mass is 129 g/mol. The van der Waals surface area contributed by atoms with Gasteiger partial charge >= 0.3 is 0 Å². The molecule has 3 rings (SSSR count). The second-order valence-corrected chi connectivity index (χ2v) is 4.42. The van der Waals surface area contributed by atoms with Gasteiger partial charge < -0.3 is 5.32 Å². The summed E-state index contributed by atoms with van der Waals surface area (Å²) < 4.78 is 0. The number of rotatable bonds is 0. The minimum Gasteiger partial charge on any atom is -0.313 e. The highest BCUT2D eigenvalue weighted by Crippen LogP contribution is 2.34. The Kier molecular flexibility index (Phi) is 1.28. The summed E-state index contributed by atoms with van der Waals surface area (Å²) >= 11 is 0. The first-order chi connectivity index (χ1) is 3.95. The normalized spacial score (nSPS) is 48.0. The van der Waals surface area contributed by atoms with E-state index < -0.39 is 0 Å². The molecule has 0 radical (unpaired) electrons. The zero-order valence-electron chi connectivity index (χ0n) is 4.98. The predicted molar refractivity (Wildman–Crippen MR) is 38.0 cm³/mol. The summed E-state index contributed by atoms with van der Waals surface area (Å²) in [6.07, 6.45) is 4.44. The summed E-state index contributed by atoms with van der Waals surface area (Å²) in [4.78, 5) is 0. The second-order valence-electron chi connectivity index (χ2n) is 2.79. The summed E-state index contributed by atoms with van der Waals surface area (Å²) in [5, 5.41) is 3.53. The zero-order chi connectivity index (χ0) is 5.40. The van der Waals surface area contributed by atoms with Crippen molar-refractivity contribution in [3.05, 3.63) is 0 Å². The summed E-state index contributed by atoms with van der Waals surface area (Å²) in [6.45, 7) is 1.32. The van der Waals surface area contributed by atoms with Crippen molar-refractivity contribution in [3.8, 4) is 0 Å². The van der Waals surface area contributed by atoms with Gasteiger partial charge in [0.15, 0.2) is 0 Å². The van der Waals surface area contributed by atoms with Crippen molar-refractivity contribution in [1.82, 2.24) is 5.32 Å². The van der Waals surface area contributed by atoms with Crippen LogP contribution in [0.15, 0.2) is 0 Å². The van der Waals surface area contributed by atoms with Crippen LogP contribution in [0.1, 0.15) is 12.8 Å².